The minimum Gasteiger partial charge on any atom is -0.142 e. The van der Waals surface area contributed by atoms with Crippen LogP contribution in [0.25, 0.3) is 0 Å². The first-order valence-corrected chi connectivity index (χ1v) is 6.03. The van der Waals surface area contributed by atoms with Crippen molar-refractivity contribution in [1.82, 2.24) is 10.2 Å². The third kappa shape index (κ3) is 1.59. The van der Waals surface area contributed by atoms with Gasteiger partial charge in [-0.2, -0.15) is 0 Å². The Bertz CT molecular complexity index is 305. The second kappa shape index (κ2) is 2.92. The summed E-state index contributed by atoms with van der Waals surface area (Å²) in [4.78, 5) is 0. The molecule has 1 aromatic heterocycles. The quantitative estimate of drug-likeness (QED) is 0.773. The molecule has 0 aliphatic heterocycles. The van der Waals surface area contributed by atoms with Crippen LogP contribution in [0.15, 0.2) is 0 Å². The molecule has 1 heterocycles. The SMILES string of the molecule is Clc1nnc(C(C2CC2)C2CC2)s1. The summed E-state index contributed by atoms with van der Waals surface area (Å²) in [5.74, 6) is 2.50. The summed E-state index contributed by atoms with van der Waals surface area (Å²) in [6, 6.07) is 0. The molecule has 13 heavy (non-hydrogen) atoms. The van der Waals surface area contributed by atoms with Gasteiger partial charge in [0.05, 0.1) is 0 Å². The van der Waals surface area contributed by atoms with E-state index in [9.17, 15) is 0 Å². The van der Waals surface area contributed by atoms with Crippen molar-refractivity contribution in [2.45, 2.75) is 31.6 Å². The second-order valence-electron chi connectivity index (χ2n) is 4.09. The van der Waals surface area contributed by atoms with Crippen molar-refractivity contribution in [1.29, 1.82) is 0 Å². The van der Waals surface area contributed by atoms with Crippen molar-refractivity contribution in [3.05, 3.63) is 9.47 Å². The molecule has 0 aromatic carbocycles. The van der Waals surface area contributed by atoms with Crippen molar-refractivity contribution < 1.29 is 0 Å². The van der Waals surface area contributed by atoms with Crippen LogP contribution in [0.3, 0.4) is 0 Å². The molecule has 70 valence electrons. The largest absolute Gasteiger partial charge is 0.207 e. The Morgan fingerprint density at radius 3 is 2.15 bits per heavy atom. The maximum atomic E-state index is 5.80. The smallest absolute Gasteiger partial charge is 0.142 e. The van der Waals surface area contributed by atoms with Crippen LogP contribution in [0.2, 0.25) is 4.47 Å². The van der Waals surface area contributed by atoms with Gasteiger partial charge in [-0.15, -0.1) is 10.2 Å². The lowest BCUT2D eigenvalue weighted by atomic mass is 9.99. The molecule has 2 nitrogen and oxygen atoms in total. The number of aromatic nitrogens is 2. The maximum Gasteiger partial charge on any atom is 0.207 e. The molecule has 2 fully saturated rings. The van der Waals surface area contributed by atoms with Gasteiger partial charge in [0.15, 0.2) is 0 Å². The highest BCUT2D eigenvalue weighted by atomic mass is 35.5. The second-order valence-corrected chi connectivity index (χ2v) is 5.69. The van der Waals surface area contributed by atoms with E-state index in [1.165, 1.54) is 30.7 Å². The molecule has 3 rings (SSSR count). The van der Waals surface area contributed by atoms with Gasteiger partial charge in [0, 0.05) is 5.92 Å². The molecule has 2 aliphatic carbocycles. The van der Waals surface area contributed by atoms with Gasteiger partial charge in [-0.05, 0) is 49.1 Å². The Balaban J connectivity index is 1.86. The minimum absolute atomic E-state index is 0.598. The minimum atomic E-state index is 0.598. The van der Waals surface area contributed by atoms with E-state index < -0.39 is 0 Å². The van der Waals surface area contributed by atoms with E-state index >= 15 is 0 Å². The Labute approximate surface area is 86.3 Å². The zero-order valence-corrected chi connectivity index (χ0v) is 8.81. The van der Waals surface area contributed by atoms with E-state index in [0.717, 1.165) is 11.8 Å². The average molecular weight is 215 g/mol. The normalized spacial score (nSPS) is 22.6. The summed E-state index contributed by atoms with van der Waals surface area (Å²) in [5.41, 5.74) is 0. The highest BCUT2D eigenvalue weighted by Crippen LogP contribution is 2.54. The molecule has 0 amide bonds. The highest BCUT2D eigenvalue weighted by molar-refractivity contribution is 7.15. The number of nitrogens with zero attached hydrogens (tertiary/aromatic N) is 2. The van der Waals surface area contributed by atoms with Gasteiger partial charge in [0.2, 0.25) is 4.47 Å². The van der Waals surface area contributed by atoms with Crippen LogP contribution in [-0.4, -0.2) is 10.2 Å². The van der Waals surface area contributed by atoms with Crippen molar-refractivity contribution in [2.24, 2.45) is 11.8 Å². The molecule has 1 aromatic rings. The van der Waals surface area contributed by atoms with Crippen molar-refractivity contribution >= 4 is 22.9 Å². The van der Waals surface area contributed by atoms with Gasteiger partial charge in [-0.3, -0.25) is 0 Å². The Morgan fingerprint density at radius 1 is 1.15 bits per heavy atom. The molecule has 0 saturated heterocycles. The van der Waals surface area contributed by atoms with Crippen LogP contribution >= 0.6 is 22.9 Å². The lowest BCUT2D eigenvalue weighted by molar-refractivity contribution is 0.531. The number of hydrogen-bond acceptors (Lipinski definition) is 3. The van der Waals surface area contributed by atoms with E-state index in [1.54, 1.807) is 11.3 Å². The fraction of sp³-hybridized carbons (Fsp3) is 0.778. The molecule has 0 unspecified atom stereocenters. The van der Waals surface area contributed by atoms with E-state index in [-0.39, 0.29) is 0 Å². The van der Waals surface area contributed by atoms with E-state index in [0.29, 0.717) is 10.4 Å². The zero-order valence-electron chi connectivity index (χ0n) is 7.24. The predicted octanol–water partition coefficient (Wildman–Crippen LogP) is 3.10. The van der Waals surface area contributed by atoms with Crippen molar-refractivity contribution in [3.8, 4) is 0 Å². The van der Waals surface area contributed by atoms with Crippen LogP contribution in [0.5, 0.6) is 0 Å². The van der Waals surface area contributed by atoms with Gasteiger partial charge in [0.1, 0.15) is 5.01 Å². The lowest BCUT2D eigenvalue weighted by Gasteiger charge is -2.09. The topological polar surface area (TPSA) is 25.8 Å². The van der Waals surface area contributed by atoms with E-state index in [4.69, 9.17) is 11.6 Å². The molecule has 0 spiro atoms. The summed E-state index contributed by atoms with van der Waals surface area (Å²) >= 11 is 7.38. The van der Waals surface area contributed by atoms with Gasteiger partial charge in [-0.1, -0.05) is 11.3 Å². The Morgan fingerprint density at radius 2 is 1.77 bits per heavy atom. The lowest BCUT2D eigenvalue weighted by Crippen LogP contribution is -2.03. The Kier molecular flexibility index (Phi) is 1.84. The number of halogens is 1. The van der Waals surface area contributed by atoms with E-state index in [1.807, 2.05) is 0 Å². The van der Waals surface area contributed by atoms with Crippen LogP contribution in [0.4, 0.5) is 0 Å². The number of hydrogen-bond donors (Lipinski definition) is 0. The van der Waals surface area contributed by atoms with E-state index in [2.05, 4.69) is 10.2 Å². The average Bonchev–Trinajstić information content (AvgIpc) is 2.95. The molecule has 0 atom stereocenters. The molecule has 2 aliphatic rings. The van der Waals surface area contributed by atoms with Crippen LogP contribution in [0, 0.1) is 11.8 Å². The standard InChI is InChI=1S/C9H11ClN2S/c10-9-12-11-8(13-9)7(5-1-2-5)6-3-4-6/h5-7H,1-4H2. The third-order valence-corrected chi connectivity index (χ3v) is 4.08. The molecule has 0 radical (unpaired) electrons. The summed E-state index contributed by atoms with van der Waals surface area (Å²) in [5, 5.41) is 9.26. The monoisotopic (exact) mass is 214 g/mol. The van der Waals surface area contributed by atoms with Crippen LogP contribution in [-0.2, 0) is 0 Å². The molecule has 4 heteroatoms. The zero-order chi connectivity index (χ0) is 8.84. The van der Waals surface area contributed by atoms with Gasteiger partial charge in [-0.25, -0.2) is 0 Å². The van der Waals surface area contributed by atoms with Crippen molar-refractivity contribution in [2.75, 3.05) is 0 Å². The fourth-order valence-electron chi connectivity index (χ4n) is 2.05. The molecular weight excluding hydrogens is 204 g/mol. The number of rotatable bonds is 3. The fourth-order valence-corrected chi connectivity index (χ4v) is 3.18. The summed E-state index contributed by atoms with van der Waals surface area (Å²) in [7, 11) is 0. The van der Waals surface area contributed by atoms with Crippen LogP contribution in [0.1, 0.15) is 36.6 Å². The molecule has 0 bridgehead atoms. The molecule has 2 saturated carbocycles. The molecule has 0 N–H and O–H groups in total. The van der Waals surface area contributed by atoms with Gasteiger partial charge in [0.25, 0.3) is 0 Å². The van der Waals surface area contributed by atoms with Gasteiger partial charge < -0.3 is 0 Å². The maximum absolute atomic E-state index is 5.80. The van der Waals surface area contributed by atoms with Crippen LogP contribution < -0.4 is 0 Å². The van der Waals surface area contributed by atoms with Gasteiger partial charge >= 0.3 is 0 Å². The summed E-state index contributed by atoms with van der Waals surface area (Å²) in [6.45, 7) is 0. The first-order valence-electron chi connectivity index (χ1n) is 4.83. The first kappa shape index (κ1) is 8.18. The first-order chi connectivity index (χ1) is 6.34. The van der Waals surface area contributed by atoms with Crippen molar-refractivity contribution in [3.63, 3.8) is 0 Å². The Hall–Kier alpha value is -0.150. The third-order valence-electron chi connectivity index (χ3n) is 2.96. The highest BCUT2D eigenvalue weighted by Gasteiger charge is 2.44. The molecular formula is C9H11ClN2S. The predicted molar refractivity (Wildman–Crippen MR) is 53.1 cm³/mol. The summed E-state index contributed by atoms with van der Waals surface area (Å²) in [6.07, 6.45) is 5.55. The summed E-state index contributed by atoms with van der Waals surface area (Å²) < 4.78 is 0.598.